The van der Waals surface area contributed by atoms with Crippen molar-refractivity contribution in [3.05, 3.63) is 65.0 Å². The van der Waals surface area contributed by atoms with Crippen LogP contribution in [0.5, 0.6) is 11.5 Å². The van der Waals surface area contributed by atoms with E-state index < -0.39 is 5.92 Å². The van der Waals surface area contributed by atoms with E-state index in [0.29, 0.717) is 23.0 Å². The summed E-state index contributed by atoms with van der Waals surface area (Å²) < 4.78 is 13.7. The number of amides is 2. The number of aromatic nitrogens is 1. The number of nitrogens with zero attached hydrogens (tertiary/aromatic N) is 2. The Morgan fingerprint density at radius 2 is 1.88 bits per heavy atom. The molecule has 7 nitrogen and oxygen atoms in total. The Balaban J connectivity index is 1.84. The second-order valence-electron chi connectivity index (χ2n) is 9.27. The molecule has 2 aromatic carbocycles. The smallest absolute Gasteiger partial charge is 0.259 e. The number of rotatable bonds is 5. The minimum absolute atomic E-state index is 0.221. The van der Waals surface area contributed by atoms with Crippen LogP contribution in [-0.2, 0) is 16.1 Å². The number of hydrogen-bond donors (Lipinski definition) is 1. The standard InChI is InChI=1S/C27H29N3O4/c1-15(2)12-29-13-18-23(17-8-6-11-22(33-4)26(17)34-5)25-20(14-30(16(3)31)27(25)32)28-19-9-7-10-21(29)24(18)19/h6-11,13,15,23,28H,12,14H2,1-5H3/t23-/m0/s1. The quantitative estimate of drug-likeness (QED) is 0.608. The summed E-state index contributed by atoms with van der Waals surface area (Å²) in [6, 6.07) is 11.9. The van der Waals surface area contributed by atoms with Crippen LogP contribution in [0.2, 0.25) is 0 Å². The highest BCUT2D eigenvalue weighted by molar-refractivity contribution is 6.11. The Kier molecular flexibility index (Phi) is 5.35. The maximum atomic E-state index is 13.7. The van der Waals surface area contributed by atoms with Gasteiger partial charge in [0.25, 0.3) is 5.91 Å². The second-order valence-corrected chi connectivity index (χ2v) is 9.27. The third-order valence-electron chi connectivity index (χ3n) is 6.62. The largest absolute Gasteiger partial charge is 0.493 e. The number of nitrogens with one attached hydrogen (secondary N) is 1. The van der Waals surface area contributed by atoms with Gasteiger partial charge in [0.05, 0.1) is 31.9 Å². The summed E-state index contributed by atoms with van der Waals surface area (Å²) in [4.78, 5) is 27.3. The van der Waals surface area contributed by atoms with Crippen molar-refractivity contribution in [2.24, 2.45) is 5.92 Å². The number of methoxy groups -OCH3 is 2. The van der Waals surface area contributed by atoms with Crippen LogP contribution in [0.3, 0.4) is 0 Å². The van der Waals surface area contributed by atoms with Crippen LogP contribution < -0.4 is 14.8 Å². The van der Waals surface area contributed by atoms with Gasteiger partial charge < -0.3 is 19.4 Å². The summed E-state index contributed by atoms with van der Waals surface area (Å²) in [6.45, 7) is 6.87. The minimum Gasteiger partial charge on any atom is -0.493 e. The summed E-state index contributed by atoms with van der Waals surface area (Å²) in [5, 5.41) is 4.59. The van der Waals surface area contributed by atoms with Gasteiger partial charge in [0, 0.05) is 47.9 Å². The normalized spacial score (nSPS) is 17.2. The summed E-state index contributed by atoms with van der Waals surface area (Å²) in [5.41, 5.74) is 5.20. The first-order valence-corrected chi connectivity index (χ1v) is 11.5. The van der Waals surface area contributed by atoms with E-state index in [0.717, 1.165) is 40.0 Å². The Hall–Kier alpha value is -3.74. The average Bonchev–Trinajstić information content (AvgIpc) is 3.28. The van der Waals surface area contributed by atoms with Gasteiger partial charge in [-0.1, -0.05) is 32.0 Å². The maximum absolute atomic E-state index is 13.7. The Morgan fingerprint density at radius 3 is 2.56 bits per heavy atom. The number of hydrogen-bond acceptors (Lipinski definition) is 5. The molecule has 2 aliphatic heterocycles. The average molecular weight is 460 g/mol. The van der Waals surface area contributed by atoms with Gasteiger partial charge >= 0.3 is 0 Å². The molecule has 1 aromatic heterocycles. The van der Waals surface area contributed by atoms with E-state index >= 15 is 0 Å². The van der Waals surface area contributed by atoms with Gasteiger partial charge in [0.15, 0.2) is 11.5 Å². The van der Waals surface area contributed by atoms with Gasteiger partial charge in [-0.25, -0.2) is 0 Å². The zero-order chi connectivity index (χ0) is 24.1. The van der Waals surface area contributed by atoms with Crippen LogP contribution in [0.1, 0.15) is 37.8 Å². The number of imide groups is 1. The number of carbonyl (C=O) groups is 2. The zero-order valence-corrected chi connectivity index (χ0v) is 20.1. The molecule has 0 radical (unpaired) electrons. The SMILES string of the molecule is COc1cccc([C@@H]2C3=C(CN(C(C)=O)C3=O)Nc3cccc4c3c2cn4CC(C)C)c1OC. The summed E-state index contributed by atoms with van der Waals surface area (Å²) in [6.07, 6.45) is 2.15. The summed E-state index contributed by atoms with van der Waals surface area (Å²) in [7, 11) is 3.21. The maximum Gasteiger partial charge on any atom is 0.259 e. The molecule has 0 unspecified atom stereocenters. The molecule has 0 bridgehead atoms. The van der Waals surface area contributed by atoms with Crippen LogP contribution >= 0.6 is 0 Å². The molecule has 2 aliphatic rings. The van der Waals surface area contributed by atoms with Crippen molar-refractivity contribution in [2.45, 2.75) is 33.2 Å². The first-order chi connectivity index (χ1) is 16.3. The van der Waals surface area contributed by atoms with Crippen molar-refractivity contribution < 1.29 is 19.1 Å². The van der Waals surface area contributed by atoms with E-state index in [1.807, 2.05) is 30.3 Å². The fourth-order valence-corrected chi connectivity index (χ4v) is 5.28. The fraction of sp³-hybridized carbons (Fsp3) is 0.333. The highest BCUT2D eigenvalue weighted by Crippen LogP contribution is 2.50. The van der Waals surface area contributed by atoms with Crippen molar-refractivity contribution in [2.75, 3.05) is 26.1 Å². The molecule has 0 spiro atoms. The van der Waals surface area contributed by atoms with Gasteiger partial charge in [-0.2, -0.15) is 0 Å². The number of para-hydroxylation sites is 1. The van der Waals surface area contributed by atoms with Crippen molar-refractivity contribution >= 4 is 28.4 Å². The van der Waals surface area contributed by atoms with E-state index in [1.54, 1.807) is 14.2 Å². The molecule has 1 atom stereocenters. The molecule has 3 aromatic rings. The van der Waals surface area contributed by atoms with Crippen LogP contribution in [0.4, 0.5) is 5.69 Å². The number of anilines is 1. The van der Waals surface area contributed by atoms with E-state index in [-0.39, 0.29) is 18.4 Å². The first-order valence-electron chi connectivity index (χ1n) is 11.5. The number of ether oxygens (including phenoxy) is 2. The molecule has 7 heteroatoms. The molecular formula is C27H29N3O4. The van der Waals surface area contributed by atoms with Crippen molar-refractivity contribution in [3.8, 4) is 11.5 Å². The van der Waals surface area contributed by atoms with Crippen molar-refractivity contribution in [1.29, 1.82) is 0 Å². The lowest BCUT2D eigenvalue weighted by Crippen LogP contribution is -2.33. The highest BCUT2D eigenvalue weighted by atomic mass is 16.5. The fourth-order valence-electron chi connectivity index (χ4n) is 5.28. The third kappa shape index (κ3) is 3.26. The number of carbonyl (C=O) groups excluding carboxylic acids is 2. The minimum atomic E-state index is -0.427. The van der Waals surface area contributed by atoms with Gasteiger partial charge in [-0.3, -0.25) is 14.5 Å². The first kappa shape index (κ1) is 22.1. The molecule has 0 saturated carbocycles. The van der Waals surface area contributed by atoms with Gasteiger partial charge in [-0.05, 0) is 29.7 Å². The molecule has 0 fully saturated rings. The Bertz CT molecular complexity index is 1350. The molecular weight excluding hydrogens is 430 g/mol. The lowest BCUT2D eigenvalue weighted by Gasteiger charge is -2.22. The molecule has 1 N–H and O–H groups in total. The Morgan fingerprint density at radius 1 is 1.12 bits per heavy atom. The zero-order valence-electron chi connectivity index (χ0n) is 20.1. The lowest BCUT2D eigenvalue weighted by molar-refractivity contribution is -0.139. The lowest BCUT2D eigenvalue weighted by atomic mass is 9.83. The number of benzene rings is 2. The molecule has 34 heavy (non-hydrogen) atoms. The van der Waals surface area contributed by atoms with Gasteiger partial charge in [0.2, 0.25) is 5.91 Å². The van der Waals surface area contributed by atoms with E-state index in [4.69, 9.17) is 9.47 Å². The van der Waals surface area contributed by atoms with E-state index in [2.05, 4.69) is 36.0 Å². The molecule has 3 heterocycles. The molecule has 5 rings (SSSR count). The highest BCUT2D eigenvalue weighted by Gasteiger charge is 2.42. The molecule has 0 saturated heterocycles. The summed E-state index contributed by atoms with van der Waals surface area (Å²) >= 11 is 0. The van der Waals surface area contributed by atoms with Crippen LogP contribution in [0.25, 0.3) is 10.9 Å². The Labute approximate surface area is 198 Å². The van der Waals surface area contributed by atoms with E-state index in [9.17, 15) is 9.59 Å². The van der Waals surface area contributed by atoms with E-state index in [1.165, 1.54) is 11.8 Å². The second kappa shape index (κ2) is 8.24. The van der Waals surface area contributed by atoms with Crippen molar-refractivity contribution in [1.82, 2.24) is 9.47 Å². The van der Waals surface area contributed by atoms with Crippen LogP contribution in [-0.4, -0.2) is 42.0 Å². The predicted molar refractivity (Wildman–Crippen MR) is 131 cm³/mol. The molecule has 2 amide bonds. The van der Waals surface area contributed by atoms with Gasteiger partial charge in [-0.15, -0.1) is 0 Å². The predicted octanol–water partition coefficient (Wildman–Crippen LogP) is 4.51. The summed E-state index contributed by atoms with van der Waals surface area (Å²) in [5.74, 6) is 0.654. The van der Waals surface area contributed by atoms with Gasteiger partial charge in [0.1, 0.15) is 0 Å². The van der Waals surface area contributed by atoms with Crippen LogP contribution in [0, 0.1) is 5.92 Å². The van der Waals surface area contributed by atoms with Crippen molar-refractivity contribution in [3.63, 3.8) is 0 Å². The topological polar surface area (TPSA) is 72.8 Å². The molecule has 176 valence electrons. The molecule has 0 aliphatic carbocycles. The van der Waals surface area contributed by atoms with Crippen LogP contribution in [0.15, 0.2) is 53.9 Å². The third-order valence-corrected chi connectivity index (χ3v) is 6.62. The monoisotopic (exact) mass is 459 g/mol.